The van der Waals surface area contributed by atoms with Crippen LogP contribution in [0.25, 0.3) is 0 Å². The van der Waals surface area contributed by atoms with Gasteiger partial charge in [0, 0.05) is 16.9 Å². The van der Waals surface area contributed by atoms with Crippen molar-refractivity contribution in [1.29, 1.82) is 0 Å². The third kappa shape index (κ3) is 2.76. The Morgan fingerprint density at radius 2 is 2.29 bits per heavy atom. The number of nitrogens with zero attached hydrogens (tertiary/aromatic N) is 2. The summed E-state index contributed by atoms with van der Waals surface area (Å²) in [6.45, 7) is 0.787. The maximum absolute atomic E-state index is 5.99. The minimum absolute atomic E-state index is 0.524. The van der Waals surface area contributed by atoms with E-state index in [2.05, 4.69) is 26.7 Å². The first-order valence-electron chi connectivity index (χ1n) is 5.62. The zero-order valence-electron chi connectivity index (χ0n) is 9.19. The maximum Gasteiger partial charge on any atom is 0.135 e. The molecule has 2 aromatic rings. The van der Waals surface area contributed by atoms with Crippen LogP contribution in [-0.4, -0.2) is 9.97 Å². The van der Waals surface area contributed by atoms with Gasteiger partial charge >= 0.3 is 0 Å². The van der Waals surface area contributed by atoms with Crippen LogP contribution in [0.3, 0.4) is 0 Å². The zero-order valence-corrected chi connectivity index (χ0v) is 10.8. The van der Waals surface area contributed by atoms with Crippen molar-refractivity contribution in [3.8, 4) is 0 Å². The number of rotatable bonds is 4. The summed E-state index contributed by atoms with van der Waals surface area (Å²) in [5.41, 5.74) is 0. The minimum Gasteiger partial charge on any atom is -0.365 e. The molecular weight excluding hydrogens is 254 g/mol. The van der Waals surface area contributed by atoms with Crippen LogP contribution in [0.5, 0.6) is 0 Å². The number of thiophene rings is 1. The zero-order chi connectivity index (χ0) is 11.7. The fraction of sp³-hybridized carbons (Fsp3) is 0.333. The van der Waals surface area contributed by atoms with Gasteiger partial charge in [-0.2, -0.15) is 0 Å². The van der Waals surface area contributed by atoms with Gasteiger partial charge in [-0.1, -0.05) is 17.7 Å². The van der Waals surface area contributed by atoms with Crippen molar-refractivity contribution < 1.29 is 0 Å². The molecule has 0 amide bonds. The molecule has 0 atom stereocenters. The highest BCUT2D eigenvalue weighted by molar-refractivity contribution is 7.09. The van der Waals surface area contributed by atoms with Crippen molar-refractivity contribution in [2.24, 2.45) is 0 Å². The monoisotopic (exact) mass is 265 g/mol. The molecule has 0 saturated heterocycles. The molecule has 3 rings (SSSR count). The molecule has 0 bridgehead atoms. The number of anilines is 1. The topological polar surface area (TPSA) is 37.8 Å². The summed E-state index contributed by atoms with van der Waals surface area (Å²) in [5.74, 6) is 2.22. The average molecular weight is 266 g/mol. The van der Waals surface area contributed by atoms with Gasteiger partial charge in [-0.05, 0) is 24.3 Å². The molecule has 0 spiro atoms. The Hall–Kier alpha value is -1.13. The lowest BCUT2D eigenvalue weighted by atomic mass is 10.4. The normalized spacial score (nSPS) is 14.9. The molecule has 1 saturated carbocycles. The van der Waals surface area contributed by atoms with Crippen molar-refractivity contribution in [3.05, 3.63) is 39.4 Å². The lowest BCUT2D eigenvalue weighted by Gasteiger charge is -2.06. The van der Waals surface area contributed by atoms with Gasteiger partial charge in [-0.3, -0.25) is 0 Å². The van der Waals surface area contributed by atoms with Crippen molar-refractivity contribution >= 4 is 28.8 Å². The van der Waals surface area contributed by atoms with E-state index in [9.17, 15) is 0 Å². The quantitative estimate of drug-likeness (QED) is 0.857. The van der Waals surface area contributed by atoms with Crippen LogP contribution < -0.4 is 5.32 Å². The molecule has 1 aliphatic rings. The maximum atomic E-state index is 5.99. The number of nitrogens with one attached hydrogen (secondary N) is 1. The van der Waals surface area contributed by atoms with Crippen molar-refractivity contribution in [3.63, 3.8) is 0 Å². The number of hydrogen-bond acceptors (Lipinski definition) is 4. The lowest BCUT2D eigenvalue weighted by Crippen LogP contribution is -2.03. The van der Waals surface area contributed by atoms with Crippen LogP contribution in [0, 0.1) is 0 Å². The Morgan fingerprint density at radius 3 is 3.00 bits per heavy atom. The Morgan fingerprint density at radius 1 is 1.41 bits per heavy atom. The van der Waals surface area contributed by atoms with Crippen LogP contribution in [0.4, 0.5) is 5.82 Å². The minimum atomic E-state index is 0.524. The predicted molar refractivity (Wildman–Crippen MR) is 70.7 cm³/mol. The number of halogens is 1. The molecule has 0 unspecified atom stereocenters. The molecule has 1 N–H and O–H groups in total. The SMILES string of the molecule is Clc1cc(NCc2cccs2)nc(C2CC2)n1. The van der Waals surface area contributed by atoms with Gasteiger partial charge in [0.05, 0.1) is 6.54 Å². The molecule has 1 aliphatic carbocycles. The highest BCUT2D eigenvalue weighted by Gasteiger charge is 2.27. The molecule has 0 radical (unpaired) electrons. The van der Waals surface area contributed by atoms with E-state index in [1.165, 1.54) is 17.7 Å². The van der Waals surface area contributed by atoms with Crippen LogP contribution in [0.2, 0.25) is 5.15 Å². The second-order valence-electron chi connectivity index (χ2n) is 4.14. The number of aromatic nitrogens is 2. The summed E-state index contributed by atoms with van der Waals surface area (Å²) in [6.07, 6.45) is 2.37. The Labute approximate surface area is 109 Å². The van der Waals surface area contributed by atoms with E-state index < -0.39 is 0 Å². The standard InChI is InChI=1S/C12H12ClN3S/c13-10-6-11(14-7-9-2-1-5-17-9)16-12(15-10)8-3-4-8/h1-2,5-6,8H,3-4,7H2,(H,14,15,16). The molecule has 0 aliphatic heterocycles. The second-order valence-corrected chi connectivity index (χ2v) is 5.56. The van der Waals surface area contributed by atoms with Crippen LogP contribution in [-0.2, 0) is 6.54 Å². The Bertz CT molecular complexity index is 508. The van der Waals surface area contributed by atoms with Gasteiger partial charge in [0.2, 0.25) is 0 Å². The molecule has 2 aromatic heterocycles. The van der Waals surface area contributed by atoms with Crippen molar-refractivity contribution in [2.75, 3.05) is 5.32 Å². The van der Waals surface area contributed by atoms with Crippen LogP contribution >= 0.6 is 22.9 Å². The first kappa shape index (κ1) is 11.0. The van der Waals surface area contributed by atoms with Crippen LogP contribution in [0.15, 0.2) is 23.6 Å². The Balaban J connectivity index is 1.73. The smallest absolute Gasteiger partial charge is 0.135 e. The van der Waals surface area contributed by atoms with Gasteiger partial charge in [0.1, 0.15) is 16.8 Å². The van der Waals surface area contributed by atoms with Gasteiger partial charge in [0.25, 0.3) is 0 Å². The summed E-state index contributed by atoms with van der Waals surface area (Å²) in [7, 11) is 0. The lowest BCUT2D eigenvalue weighted by molar-refractivity contribution is 0.922. The molecule has 5 heteroatoms. The van der Waals surface area contributed by atoms with Gasteiger partial charge in [-0.15, -0.1) is 11.3 Å². The van der Waals surface area contributed by atoms with Crippen LogP contribution in [0.1, 0.15) is 29.5 Å². The molecule has 3 nitrogen and oxygen atoms in total. The van der Waals surface area contributed by atoms with E-state index in [0.29, 0.717) is 11.1 Å². The van der Waals surface area contributed by atoms with Gasteiger partial charge < -0.3 is 5.32 Å². The predicted octanol–water partition coefficient (Wildman–Crippen LogP) is 3.68. The largest absolute Gasteiger partial charge is 0.365 e. The number of hydrogen-bond donors (Lipinski definition) is 1. The molecule has 2 heterocycles. The summed E-state index contributed by atoms with van der Waals surface area (Å²) in [6, 6.07) is 5.92. The first-order chi connectivity index (χ1) is 8.31. The first-order valence-corrected chi connectivity index (χ1v) is 6.88. The van der Waals surface area contributed by atoms with E-state index in [4.69, 9.17) is 11.6 Å². The van der Waals surface area contributed by atoms with E-state index in [1.54, 1.807) is 17.4 Å². The molecule has 0 aromatic carbocycles. The van der Waals surface area contributed by atoms with Gasteiger partial charge in [-0.25, -0.2) is 9.97 Å². The molecule has 1 fully saturated rings. The van der Waals surface area contributed by atoms with Crippen molar-refractivity contribution in [1.82, 2.24) is 9.97 Å². The third-order valence-corrected chi connectivity index (χ3v) is 3.75. The fourth-order valence-electron chi connectivity index (χ4n) is 1.64. The molecular formula is C12H12ClN3S. The Kier molecular flexibility index (Phi) is 2.99. The second kappa shape index (κ2) is 4.63. The molecule has 17 heavy (non-hydrogen) atoms. The van der Waals surface area contributed by atoms with E-state index in [-0.39, 0.29) is 0 Å². The van der Waals surface area contributed by atoms with E-state index in [0.717, 1.165) is 18.2 Å². The van der Waals surface area contributed by atoms with Crippen molar-refractivity contribution in [2.45, 2.75) is 25.3 Å². The summed E-state index contributed by atoms with van der Waals surface area (Å²) in [4.78, 5) is 10.0. The average Bonchev–Trinajstić information content (AvgIpc) is 3.04. The highest BCUT2D eigenvalue weighted by Crippen LogP contribution is 2.38. The fourth-order valence-corrected chi connectivity index (χ4v) is 2.48. The highest BCUT2D eigenvalue weighted by atomic mass is 35.5. The van der Waals surface area contributed by atoms with E-state index in [1.807, 2.05) is 6.07 Å². The summed E-state index contributed by atoms with van der Waals surface area (Å²) >= 11 is 7.72. The third-order valence-electron chi connectivity index (χ3n) is 2.68. The molecule has 88 valence electrons. The summed E-state index contributed by atoms with van der Waals surface area (Å²) in [5, 5.41) is 5.88. The van der Waals surface area contributed by atoms with E-state index >= 15 is 0 Å². The summed E-state index contributed by atoms with van der Waals surface area (Å²) < 4.78 is 0. The van der Waals surface area contributed by atoms with Gasteiger partial charge in [0.15, 0.2) is 0 Å².